The van der Waals surface area contributed by atoms with Gasteiger partial charge in [0.1, 0.15) is 0 Å². The van der Waals surface area contributed by atoms with Crippen LogP contribution in [0.4, 0.5) is 0 Å². The first kappa shape index (κ1) is 10.3. The number of esters is 1. The standard InChI is InChI=1S/C11H18O2/c1-3-5-6-7-9-8-13-11(12)10(9)4-2/h4,9-10H,2-3,5-8H2,1H3. The minimum absolute atomic E-state index is 0.0446. The molecule has 1 aliphatic rings. The zero-order valence-corrected chi connectivity index (χ0v) is 8.29. The van der Waals surface area contributed by atoms with Crippen LogP contribution in [0, 0.1) is 11.8 Å². The highest BCUT2D eigenvalue weighted by Gasteiger charge is 2.33. The van der Waals surface area contributed by atoms with Gasteiger partial charge in [0.25, 0.3) is 0 Å². The van der Waals surface area contributed by atoms with E-state index in [1.54, 1.807) is 6.08 Å². The van der Waals surface area contributed by atoms with Crippen molar-refractivity contribution in [2.75, 3.05) is 6.61 Å². The Bertz CT molecular complexity index is 187. The fourth-order valence-electron chi connectivity index (χ4n) is 1.79. The average Bonchev–Trinajstić information content (AvgIpc) is 2.47. The van der Waals surface area contributed by atoms with E-state index in [-0.39, 0.29) is 11.9 Å². The Labute approximate surface area is 80.0 Å². The van der Waals surface area contributed by atoms with Crippen LogP contribution in [0.5, 0.6) is 0 Å². The molecule has 0 spiro atoms. The summed E-state index contributed by atoms with van der Waals surface area (Å²) < 4.78 is 4.99. The fourth-order valence-corrected chi connectivity index (χ4v) is 1.79. The van der Waals surface area contributed by atoms with Gasteiger partial charge in [0.05, 0.1) is 12.5 Å². The van der Waals surface area contributed by atoms with Crippen molar-refractivity contribution in [2.24, 2.45) is 11.8 Å². The number of unbranched alkanes of at least 4 members (excludes halogenated alkanes) is 2. The van der Waals surface area contributed by atoms with E-state index >= 15 is 0 Å². The molecule has 0 aromatic heterocycles. The molecular formula is C11H18O2. The second-order valence-electron chi connectivity index (χ2n) is 3.65. The molecule has 0 bridgehead atoms. The quantitative estimate of drug-likeness (QED) is 0.371. The van der Waals surface area contributed by atoms with Gasteiger partial charge in [-0.05, 0) is 6.42 Å². The van der Waals surface area contributed by atoms with Gasteiger partial charge < -0.3 is 4.74 Å². The molecule has 74 valence electrons. The molecule has 2 unspecified atom stereocenters. The highest BCUT2D eigenvalue weighted by atomic mass is 16.5. The van der Waals surface area contributed by atoms with Gasteiger partial charge in [-0.3, -0.25) is 4.79 Å². The van der Waals surface area contributed by atoms with E-state index in [1.807, 2.05) is 0 Å². The van der Waals surface area contributed by atoms with Crippen LogP contribution in [0.1, 0.15) is 32.6 Å². The average molecular weight is 182 g/mol. The summed E-state index contributed by atoms with van der Waals surface area (Å²) in [6.45, 7) is 6.45. The van der Waals surface area contributed by atoms with Crippen molar-refractivity contribution in [1.29, 1.82) is 0 Å². The maximum atomic E-state index is 11.2. The van der Waals surface area contributed by atoms with Crippen LogP contribution < -0.4 is 0 Å². The van der Waals surface area contributed by atoms with Crippen molar-refractivity contribution in [2.45, 2.75) is 32.6 Å². The van der Waals surface area contributed by atoms with E-state index in [0.29, 0.717) is 12.5 Å². The van der Waals surface area contributed by atoms with E-state index in [9.17, 15) is 4.79 Å². The number of hydrogen-bond donors (Lipinski definition) is 0. The highest BCUT2D eigenvalue weighted by molar-refractivity contribution is 5.76. The molecule has 2 nitrogen and oxygen atoms in total. The number of hydrogen-bond acceptors (Lipinski definition) is 2. The Morgan fingerprint density at radius 2 is 2.38 bits per heavy atom. The van der Waals surface area contributed by atoms with Gasteiger partial charge in [0.15, 0.2) is 0 Å². The lowest BCUT2D eigenvalue weighted by Gasteiger charge is -2.10. The summed E-state index contributed by atoms with van der Waals surface area (Å²) in [6, 6.07) is 0. The zero-order chi connectivity index (χ0) is 9.68. The molecule has 0 aliphatic carbocycles. The summed E-state index contributed by atoms with van der Waals surface area (Å²) in [6.07, 6.45) is 6.49. The Hall–Kier alpha value is -0.790. The van der Waals surface area contributed by atoms with Gasteiger partial charge in [-0.15, -0.1) is 6.58 Å². The van der Waals surface area contributed by atoms with Crippen molar-refractivity contribution in [3.63, 3.8) is 0 Å². The zero-order valence-electron chi connectivity index (χ0n) is 8.29. The van der Waals surface area contributed by atoms with Crippen LogP contribution in [0.15, 0.2) is 12.7 Å². The minimum atomic E-state index is -0.0866. The number of ether oxygens (including phenoxy) is 1. The van der Waals surface area contributed by atoms with Crippen LogP contribution in [0.25, 0.3) is 0 Å². The largest absolute Gasteiger partial charge is 0.465 e. The second-order valence-corrected chi connectivity index (χ2v) is 3.65. The molecule has 2 heteroatoms. The molecule has 1 saturated heterocycles. The summed E-state index contributed by atoms with van der Waals surface area (Å²) >= 11 is 0. The lowest BCUT2D eigenvalue weighted by molar-refractivity contribution is -0.140. The maximum Gasteiger partial charge on any atom is 0.313 e. The van der Waals surface area contributed by atoms with Gasteiger partial charge in [-0.25, -0.2) is 0 Å². The third-order valence-electron chi connectivity index (χ3n) is 2.65. The Morgan fingerprint density at radius 1 is 1.62 bits per heavy atom. The molecule has 13 heavy (non-hydrogen) atoms. The van der Waals surface area contributed by atoms with Gasteiger partial charge in [0.2, 0.25) is 0 Å². The van der Waals surface area contributed by atoms with Crippen molar-refractivity contribution in [3.05, 3.63) is 12.7 Å². The molecule has 0 N–H and O–H groups in total. The molecule has 0 amide bonds. The first-order valence-corrected chi connectivity index (χ1v) is 5.08. The molecule has 0 aromatic rings. The SMILES string of the molecule is C=CC1C(=O)OCC1CCCCC. The summed E-state index contributed by atoms with van der Waals surface area (Å²) in [7, 11) is 0. The summed E-state index contributed by atoms with van der Waals surface area (Å²) in [5.41, 5.74) is 0. The van der Waals surface area contributed by atoms with E-state index in [1.165, 1.54) is 19.3 Å². The predicted octanol–water partition coefficient (Wildman–Crippen LogP) is 2.54. The van der Waals surface area contributed by atoms with Crippen molar-refractivity contribution >= 4 is 5.97 Å². The molecule has 1 aliphatic heterocycles. The van der Waals surface area contributed by atoms with Gasteiger partial charge in [-0.1, -0.05) is 32.3 Å². The van der Waals surface area contributed by atoms with Crippen LogP contribution in [0.3, 0.4) is 0 Å². The van der Waals surface area contributed by atoms with E-state index in [0.717, 1.165) is 6.42 Å². The molecule has 1 heterocycles. The molecule has 2 atom stereocenters. The smallest absolute Gasteiger partial charge is 0.313 e. The van der Waals surface area contributed by atoms with E-state index in [2.05, 4.69) is 13.5 Å². The fraction of sp³-hybridized carbons (Fsp3) is 0.727. The van der Waals surface area contributed by atoms with Crippen molar-refractivity contribution in [1.82, 2.24) is 0 Å². The lowest BCUT2D eigenvalue weighted by atomic mass is 9.90. The van der Waals surface area contributed by atoms with Gasteiger partial charge in [-0.2, -0.15) is 0 Å². The third-order valence-corrected chi connectivity index (χ3v) is 2.65. The predicted molar refractivity (Wildman–Crippen MR) is 52.3 cm³/mol. The monoisotopic (exact) mass is 182 g/mol. The minimum Gasteiger partial charge on any atom is -0.465 e. The number of cyclic esters (lactones) is 1. The summed E-state index contributed by atoms with van der Waals surface area (Å²) in [5.74, 6) is 0.255. The van der Waals surface area contributed by atoms with Crippen molar-refractivity contribution < 1.29 is 9.53 Å². The van der Waals surface area contributed by atoms with Crippen LogP contribution in [-0.2, 0) is 9.53 Å². The molecular weight excluding hydrogens is 164 g/mol. The van der Waals surface area contributed by atoms with E-state index in [4.69, 9.17) is 4.74 Å². The molecule has 1 rings (SSSR count). The molecule has 0 radical (unpaired) electrons. The van der Waals surface area contributed by atoms with E-state index < -0.39 is 0 Å². The number of carbonyl (C=O) groups is 1. The highest BCUT2D eigenvalue weighted by Crippen LogP contribution is 2.27. The first-order valence-electron chi connectivity index (χ1n) is 5.08. The molecule has 0 aromatic carbocycles. The topological polar surface area (TPSA) is 26.3 Å². The third kappa shape index (κ3) is 2.58. The first-order chi connectivity index (χ1) is 6.29. The van der Waals surface area contributed by atoms with Gasteiger partial charge >= 0.3 is 5.97 Å². The Kier molecular flexibility index (Phi) is 4.00. The summed E-state index contributed by atoms with van der Waals surface area (Å²) in [4.78, 5) is 11.2. The molecule has 1 fully saturated rings. The van der Waals surface area contributed by atoms with Crippen LogP contribution in [-0.4, -0.2) is 12.6 Å². The maximum absolute atomic E-state index is 11.2. The van der Waals surface area contributed by atoms with Crippen LogP contribution >= 0.6 is 0 Å². The summed E-state index contributed by atoms with van der Waals surface area (Å²) in [5, 5.41) is 0. The molecule has 0 saturated carbocycles. The normalized spacial score (nSPS) is 27.3. The van der Waals surface area contributed by atoms with Crippen LogP contribution in [0.2, 0.25) is 0 Å². The number of rotatable bonds is 5. The lowest BCUT2D eigenvalue weighted by Crippen LogP contribution is -2.12. The van der Waals surface area contributed by atoms with Crippen molar-refractivity contribution in [3.8, 4) is 0 Å². The van der Waals surface area contributed by atoms with Gasteiger partial charge in [0, 0.05) is 5.92 Å². The number of carbonyl (C=O) groups excluding carboxylic acids is 1. The Balaban J connectivity index is 2.32. The second kappa shape index (κ2) is 5.05. The Morgan fingerprint density at radius 3 is 3.00 bits per heavy atom.